The summed E-state index contributed by atoms with van der Waals surface area (Å²) in [7, 11) is 0. The van der Waals surface area contributed by atoms with E-state index in [9.17, 15) is 0 Å². The van der Waals surface area contributed by atoms with Gasteiger partial charge >= 0.3 is 0 Å². The van der Waals surface area contributed by atoms with Crippen LogP contribution in [0, 0.1) is 5.41 Å². The van der Waals surface area contributed by atoms with Gasteiger partial charge in [-0.1, -0.05) is 12.1 Å². The lowest BCUT2D eigenvalue weighted by molar-refractivity contribution is 0.839. The Labute approximate surface area is 147 Å². The molecule has 3 aromatic rings. The Morgan fingerprint density at radius 2 is 1.92 bits per heavy atom. The van der Waals surface area contributed by atoms with Crippen molar-refractivity contribution in [3.05, 3.63) is 48.3 Å². The third-order valence-electron chi connectivity index (χ3n) is 6.48. The zero-order valence-electron chi connectivity index (χ0n) is 14.4. The van der Waals surface area contributed by atoms with Crippen molar-refractivity contribution in [3.8, 4) is 5.69 Å². The number of anilines is 1. The number of aromatic nitrogens is 3. The summed E-state index contributed by atoms with van der Waals surface area (Å²) in [6.07, 6.45) is 10.7. The van der Waals surface area contributed by atoms with E-state index in [2.05, 4.69) is 50.0 Å². The van der Waals surface area contributed by atoms with Crippen LogP contribution in [0.25, 0.3) is 16.6 Å². The lowest BCUT2D eigenvalue weighted by Crippen LogP contribution is -2.19. The molecule has 0 radical (unpaired) electrons. The number of rotatable bonds is 3. The zero-order chi connectivity index (χ0) is 16.4. The van der Waals surface area contributed by atoms with Crippen LogP contribution in [-0.2, 0) is 0 Å². The predicted molar refractivity (Wildman–Crippen MR) is 99.3 cm³/mol. The monoisotopic (exact) mass is 330 g/mol. The van der Waals surface area contributed by atoms with Crippen LogP contribution in [0.1, 0.15) is 43.6 Å². The van der Waals surface area contributed by atoms with E-state index in [0.29, 0.717) is 5.41 Å². The molecular weight excluding hydrogens is 308 g/mol. The topological polar surface area (TPSA) is 34.0 Å². The number of nitrogens with zero attached hydrogens (tertiary/aromatic N) is 4. The molecule has 3 fully saturated rings. The van der Waals surface area contributed by atoms with Gasteiger partial charge < -0.3 is 4.90 Å². The van der Waals surface area contributed by atoms with Gasteiger partial charge in [-0.15, -0.1) is 0 Å². The standard InChI is InChI=1S/C21H22N4/c1-2-10-24(9-1)20-12-17(5-8-22-20)25-19-11-15(3-4-16(19)14-23-25)18-13-21(18)6-7-21/h3-5,8,11-12,14,18H,1-2,6-7,9-10,13H2. The molecule has 1 aromatic carbocycles. The molecule has 1 saturated heterocycles. The minimum Gasteiger partial charge on any atom is -0.357 e. The lowest BCUT2D eigenvalue weighted by Gasteiger charge is -2.17. The van der Waals surface area contributed by atoms with Gasteiger partial charge in [-0.3, -0.25) is 0 Å². The maximum atomic E-state index is 4.68. The molecular formula is C21H22N4. The summed E-state index contributed by atoms with van der Waals surface area (Å²) < 4.78 is 2.09. The first-order valence-electron chi connectivity index (χ1n) is 9.52. The van der Waals surface area contributed by atoms with Gasteiger partial charge in [0.2, 0.25) is 0 Å². The number of pyridine rings is 1. The van der Waals surface area contributed by atoms with Crippen molar-refractivity contribution in [2.24, 2.45) is 5.41 Å². The second-order valence-electron chi connectivity index (χ2n) is 8.06. The summed E-state index contributed by atoms with van der Waals surface area (Å²) in [5, 5.41) is 5.89. The van der Waals surface area contributed by atoms with E-state index in [1.54, 1.807) is 0 Å². The molecule has 4 heteroatoms. The molecule has 0 N–H and O–H groups in total. The normalized spacial score (nSPS) is 23.5. The van der Waals surface area contributed by atoms with Gasteiger partial charge in [0.15, 0.2) is 0 Å². The first kappa shape index (κ1) is 13.9. The van der Waals surface area contributed by atoms with E-state index in [-0.39, 0.29) is 0 Å². The van der Waals surface area contributed by atoms with E-state index >= 15 is 0 Å². The van der Waals surface area contributed by atoms with Gasteiger partial charge in [-0.25, -0.2) is 9.67 Å². The molecule has 3 heterocycles. The highest BCUT2D eigenvalue weighted by atomic mass is 15.3. The Hall–Kier alpha value is -2.36. The Kier molecular flexibility index (Phi) is 2.69. The molecule has 6 rings (SSSR count). The molecule has 0 amide bonds. The molecule has 2 aliphatic carbocycles. The highest BCUT2D eigenvalue weighted by Gasteiger charge is 2.62. The molecule has 2 aromatic heterocycles. The van der Waals surface area contributed by atoms with E-state index in [1.807, 2.05) is 12.4 Å². The van der Waals surface area contributed by atoms with Gasteiger partial charge in [-0.2, -0.15) is 5.10 Å². The van der Waals surface area contributed by atoms with Crippen LogP contribution in [0.2, 0.25) is 0 Å². The van der Waals surface area contributed by atoms with Crippen LogP contribution in [0.3, 0.4) is 0 Å². The average molecular weight is 330 g/mol. The SMILES string of the molecule is c1cc(-n2ncc3ccc(C4CC45CC5)cc32)cc(N2CCCC2)n1. The van der Waals surface area contributed by atoms with Crippen molar-refractivity contribution in [1.29, 1.82) is 0 Å². The van der Waals surface area contributed by atoms with E-state index in [4.69, 9.17) is 0 Å². The molecule has 1 unspecified atom stereocenters. The smallest absolute Gasteiger partial charge is 0.130 e. The molecule has 2 saturated carbocycles. The van der Waals surface area contributed by atoms with Crippen molar-refractivity contribution in [2.45, 2.75) is 38.0 Å². The Morgan fingerprint density at radius 1 is 1.04 bits per heavy atom. The van der Waals surface area contributed by atoms with Gasteiger partial charge in [0.25, 0.3) is 0 Å². The van der Waals surface area contributed by atoms with Crippen LogP contribution in [0.15, 0.2) is 42.7 Å². The van der Waals surface area contributed by atoms with Crippen LogP contribution < -0.4 is 4.90 Å². The van der Waals surface area contributed by atoms with Crippen molar-refractivity contribution < 1.29 is 0 Å². The second-order valence-corrected chi connectivity index (χ2v) is 8.06. The maximum Gasteiger partial charge on any atom is 0.130 e. The zero-order valence-corrected chi connectivity index (χ0v) is 14.4. The van der Waals surface area contributed by atoms with E-state index in [1.165, 1.54) is 48.6 Å². The summed E-state index contributed by atoms with van der Waals surface area (Å²) in [5.74, 6) is 1.87. The summed E-state index contributed by atoms with van der Waals surface area (Å²) in [5.41, 5.74) is 4.53. The number of hydrogen-bond donors (Lipinski definition) is 0. The molecule has 3 aliphatic rings. The first-order chi connectivity index (χ1) is 12.3. The highest BCUT2D eigenvalue weighted by Crippen LogP contribution is 2.75. The molecule has 1 aliphatic heterocycles. The fourth-order valence-corrected chi connectivity index (χ4v) is 4.65. The van der Waals surface area contributed by atoms with Crippen molar-refractivity contribution in [3.63, 3.8) is 0 Å². The van der Waals surface area contributed by atoms with Crippen molar-refractivity contribution in [1.82, 2.24) is 14.8 Å². The third kappa shape index (κ3) is 2.13. The average Bonchev–Trinajstić information content (AvgIpc) is 3.43. The van der Waals surface area contributed by atoms with E-state index in [0.717, 1.165) is 30.5 Å². The number of hydrogen-bond acceptors (Lipinski definition) is 3. The Balaban J connectivity index is 1.42. The van der Waals surface area contributed by atoms with Crippen molar-refractivity contribution >= 4 is 16.7 Å². The van der Waals surface area contributed by atoms with Crippen LogP contribution in [-0.4, -0.2) is 27.9 Å². The van der Waals surface area contributed by atoms with Crippen molar-refractivity contribution in [2.75, 3.05) is 18.0 Å². The Morgan fingerprint density at radius 3 is 2.72 bits per heavy atom. The highest BCUT2D eigenvalue weighted by molar-refractivity contribution is 5.81. The second kappa shape index (κ2) is 4.84. The van der Waals surface area contributed by atoms with Gasteiger partial charge in [0.05, 0.1) is 17.4 Å². The molecule has 25 heavy (non-hydrogen) atoms. The van der Waals surface area contributed by atoms with Gasteiger partial charge in [0.1, 0.15) is 5.82 Å². The quantitative estimate of drug-likeness (QED) is 0.718. The summed E-state index contributed by atoms with van der Waals surface area (Å²) in [4.78, 5) is 6.96. The molecule has 0 bridgehead atoms. The minimum absolute atomic E-state index is 0.693. The summed E-state index contributed by atoms with van der Waals surface area (Å²) >= 11 is 0. The molecule has 126 valence electrons. The van der Waals surface area contributed by atoms with E-state index < -0.39 is 0 Å². The van der Waals surface area contributed by atoms with Gasteiger partial charge in [0, 0.05) is 30.7 Å². The van der Waals surface area contributed by atoms with Gasteiger partial charge in [-0.05, 0) is 61.1 Å². The number of fused-ring (bicyclic) bond motifs is 1. The summed E-state index contributed by atoms with van der Waals surface area (Å²) in [6.45, 7) is 2.23. The minimum atomic E-state index is 0.693. The van der Waals surface area contributed by atoms with Crippen LogP contribution in [0.5, 0.6) is 0 Å². The largest absolute Gasteiger partial charge is 0.357 e. The van der Waals surface area contributed by atoms with Crippen LogP contribution in [0.4, 0.5) is 5.82 Å². The fraction of sp³-hybridized carbons (Fsp3) is 0.429. The maximum absolute atomic E-state index is 4.68. The predicted octanol–water partition coefficient (Wildman–Crippen LogP) is 4.29. The molecule has 1 atom stereocenters. The lowest BCUT2D eigenvalue weighted by atomic mass is 10.1. The number of benzene rings is 1. The first-order valence-corrected chi connectivity index (χ1v) is 9.52. The molecule has 4 nitrogen and oxygen atoms in total. The molecule has 1 spiro atoms. The summed E-state index contributed by atoms with van der Waals surface area (Å²) in [6, 6.07) is 11.2. The van der Waals surface area contributed by atoms with Crippen LogP contribution >= 0.6 is 0 Å². The Bertz CT molecular complexity index is 963. The fourth-order valence-electron chi connectivity index (χ4n) is 4.65. The third-order valence-corrected chi connectivity index (χ3v) is 6.48.